The van der Waals surface area contributed by atoms with Crippen molar-refractivity contribution in [1.82, 2.24) is 0 Å². The van der Waals surface area contributed by atoms with Crippen molar-refractivity contribution in [3.05, 3.63) is 23.2 Å². The van der Waals surface area contributed by atoms with Gasteiger partial charge in [-0.05, 0) is 18.9 Å². The molecule has 0 saturated carbocycles. The first-order valence-electron chi connectivity index (χ1n) is 4.37. The summed E-state index contributed by atoms with van der Waals surface area (Å²) < 4.78 is 5.02. The summed E-state index contributed by atoms with van der Waals surface area (Å²) in [6, 6.07) is 0. The second-order valence-electron chi connectivity index (χ2n) is 2.48. The fourth-order valence-electron chi connectivity index (χ4n) is 1.02. The smallest absolute Gasteiger partial charge is 0.121 e. The fraction of sp³-hybridized carbons (Fsp3) is 0.600. The van der Waals surface area contributed by atoms with Crippen LogP contribution in [0.4, 0.5) is 0 Å². The van der Waals surface area contributed by atoms with Crippen LogP contribution >= 0.6 is 0 Å². The molecule has 0 fully saturated rings. The van der Waals surface area contributed by atoms with Crippen molar-refractivity contribution < 1.29 is 9.84 Å². The van der Waals surface area contributed by atoms with Crippen molar-refractivity contribution in [2.75, 3.05) is 7.11 Å². The molecule has 2 nitrogen and oxygen atoms in total. The van der Waals surface area contributed by atoms with Crippen LogP contribution in [0, 0.1) is 0 Å². The van der Waals surface area contributed by atoms with Crippen LogP contribution in [0.1, 0.15) is 33.6 Å². The Kier molecular flexibility index (Phi) is 5.26. The lowest BCUT2D eigenvalue weighted by atomic mass is 10.0. The molecular formula is C10H18O2. The van der Waals surface area contributed by atoms with E-state index in [1.165, 1.54) is 5.57 Å². The Morgan fingerprint density at radius 2 is 1.92 bits per heavy atom. The zero-order valence-corrected chi connectivity index (χ0v) is 8.35. The lowest BCUT2D eigenvalue weighted by Crippen LogP contribution is -1.97. The minimum Gasteiger partial charge on any atom is -0.512 e. The average Bonchev–Trinajstić information content (AvgIpc) is 2.13. The van der Waals surface area contributed by atoms with Gasteiger partial charge in [0.05, 0.1) is 12.9 Å². The Balaban J connectivity index is 0.000000561. The third kappa shape index (κ3) is 2.99. The molecule has 0 saturated heterocycles. The average molecular weight is 170 g/mol. The minimum atomic E-state index is 0.419. The molecule has 0 aromatic carbocycles. The Labute approximate surface area is 74.6 Å². The minimum absolute atomic E-state index is 0.419. The van der Waals surface area contributed by atoms with Crippen molar-refractivity contribution in [3.63, 3.8) is 0 Å². The van der Waals surface area contributed by atoms with Crippen LogP contribution in [0.3, 0.4) is 0 Å². The van der Waals surface area contributed by atoms with Crippen LogP contribution in [0.25, 0.3) is 0 Å². The SMILES string of the molecule is CC.COC1=C(C)CCC(O)=C1. The van der Waals surface area contributed by atoms with Crippen molar-refractivity contribution in [3.8, 4) is 0 Å². The van der Waals surface area contributed by atoms with Gasteiger partial charge in [0.15, 0.2) is 0 Å². The van der Waals surface area contributed by atoms with Gasteiger partial charge in [-0.25, -0.2) is 0 Å². The van der Waals surface area contributed by atoms with Gasteiger partial charge in [0.2, 0.25) is 0 Å². The molecule has 0 amide bonds. The number of aliphatic hydroxyl groups excluding tert-OH is 1. The van der Waals surface area contributed by atoms with E-state index in [0.29, 0.717) is 5.76 Å². The quantitative estimate of drug-likeness (QED) is 0.655. The van der Waals surface area contributed by atoms with Crippen LogP contribution in [-0.4, -0.2) is 12.2 Å². The highest BCUT2D eigenvalue weighted by atomic mass is 16.5. The third-order valence-corrected chi connectivity index (χ3v) is 1.69. The number of hydrogen-bond acceptors (Lipinski definition) is 2. The molecule has 1 aliphatic carbocycles. The highest BCUT2D eigenvalue weighted by Crippen LogP contribution is 2.21. The molecule has 1 aliphatic rings. The summed E-state index contributed by atoms with van der Waals surface area (Å²) in [7, 11) is 1.62. The monoisotopic (exact) mass is 170 g/mol. The van der Waals surface area contributed by atoms with Crippen molar-refractivity contribution in [1.29, 1.82) is 0 Å². The standard InChI is InChI=1S/C8H12O2.C2H6/c1-6-3-4-7(9)5-8(6)10-2;1-2/h5,9H,3-4H2,1-2H3;1-2H3. The van der Waals surface area contributed by atoms with E-state index in [1.807, 2.05) is 20.8 Å². The molecule has 2 heteroatoms. The van der Waals surface area contributed by atoms with Gasteiger partial charge in [-0.2, -0.15) is 0 Å². The second-order valence-corrected chi connectivity index (χ2v) is 2.48. The van der Waals surface area contributed by atoms with E-state index in [4.69, 9.17) is 9.84 Å². The normalized spacial score (nSPS) is 16.2. The molecule has 70 valence electrons. The Morgan fingerprint density at radius 3 is 2.33 bits per heavy atom. The van der Waals surface area contributed by atoms with Gasteiger partial charge in [0, 0.05) is 12.5 Å². The Bertz CT molecular complexity index is 190. The molecule has 0 spiro atoms. The molecular weight excluding hydrogens is 152 g/mol. The number of ether oxygens (including phenoxy) is 1. The van der Waals surface area contributed by atoms with E-state index in [9.17, 15) is 0 Å². The molecule has 0 bridgehead atoms. The molecule has 0 aliphatic heterocycles. The summed E-state index contributed by atoms with van der Waals surface area (Å²) in [6.07, 6.45) is 3.34. The van der Waals surface area contributed by atoms with Gasteiger partial charge in [0.1, 0.15) is 5.76 Å². The van der Waals surface area contributed by atoms with Gasteiger partial charge in [-0.3, -0.25) is 0 Å². The second kappa shape index (κ2) is 5.70. The molecule has 0 aromatic rings. The zero-order chi connectivity index (χ0) is 9.56. The molecule has 0 heterocycles. The summed E-state index contributed by atoms with van der Waals surface area (Å²) in [6.45, 7) is 6.02. The molecule has 0 aromatic heterocycles. The number of aliphatic hydroxyl groups is 1. The number of hydrogen-bond donors (Lipinski definition) is 1. The number of methoxy groups -OCH3 is 1. The molecule has 0 atom stereocenters. The summed E-state index contributed by atoms with van der Waals surface area (Å²) in [5, 5.41) is 9.08. The van der Waals surface area contributed by atoms with Crippen molar-refractivity contribution in [2.45, 2.75) is 33.6 Å². The van der Waals surface area contributed by atoms with Crippen molar-refractivity contribution in [2.24, 2.45) is 0 Å². The van der Waals surface area contributed by atoms with E-state index < -0.39 is 0 Å². The summed E-state index contributed by atoms with van der Waals surface area (Å²) in [5.74, 6) is 1.23. The van der Waals surface area contributed by atoms with Gasteiger partial charge >= 0.3 is 0 Å². The first kappa shape index (κ1) is 11.1. The Morgan fingerprint density at radius 1 is 1.33 bits per heavy atom. The molecule has 0 radical (unpaired) electrons. The number of rotatable bonds is 1. The highest BCUT2D eigenvalue weighted by Gasteiger charge is 2.08. The predicted octanol–water partition coefficient (Wildman–Crippen LogP) is 3.17. The Hall–Kier alpha value is -0.920. The zero-order valence-electron chi connectivity index (χ0n) is 8.35. The van der Waals surface area contributed by atoms with E-state index in [2.05, 4.69) is 0 Å². The summed E-state index contributed by atoms with van der Waals surface area (Å²) in [5.41, 5.74) is 1.21. The van der Waals surface area contributed by atoms with Crippen LogP contribution < -0.4 is 0 Å². The van der Waals surface area contributed by atoms with Crippen LogP contribution in [-0.2, 0) is 4.74 Å². The van der Waals surface area contributed by atoms with E-state index >= 15 is 0 Å². The largest absolute Gasteiger partial charge is 0.512 e. The topological polar surface area (TPSA) is 29.5 Å². The van der Waals surface area contributed by atoms with E-state index in [-0.39, 0.29) is 0 Å². The third-order valence-electron chi connectivity index (χ3n) is 1.69. The molecule has 12 heavy (non-hydrogen) atoms. The predicted molar refractivity (Wildman–Crippen MR) is 51.0 cm³/mol. The summed E-state index contributed by atoms with van der Waals surface area (Å²) >= 11 is 0. The van der Waals surface area contributed by atoms with Gasteiger partial charge in [0.25, 0.3) is 0 Å². The highest BCUT2D eigenvalue weighted by molar-refractivity contribution is 5.25. The van der Waals surface area contributed by atoms with Crippen LogP contribution in [0.5, 0.6) is 0 Å². The first-order chi connectivity index (χ1) is 5.74. The van der Waals surface area contributed by atoms with Gasteiger partial charge in [-0.1, -0.05) is 13.8 Å². The molecule has 1 rings (SSSR count). The van der Waals surface area contributed by atoms with Crippen LogP contribution in [0.15, 0.2) is 23.2 Å². The maximum absolute atomic E-state index is 9.08. The van der Waals surface area contributed by atoms with E-state index in [0.717, 1.165) is 18.6 Å². The number of allylic oxidation sites excluding steroid dienone is 3. The maximum Gasteiger partial charge on any atom is 0.121 e. The maximum atomic E-state index is 9.08. The molecule has 0 unspecified atom stereocenters. The lowest BCUT2D eigenvalue weighted by Gasteiger charge is -2.12. The van der Waals surface area contributed by atoms with Crippen LogP contribution in [0.2, 0.25) is 0 Å². The first-order valence-corrected chi connectivity index (χ1v) is 4.37. The van der Waals surface area contributed by atoms with Gasteiger partial charge in [-0.15, -0.1) is 0 Å². The molecule has 1 N–H and O–H groups in total. The van der Waals surface area contributed by atoms with Gasteiger partial charge < -0.3 is 9.84 Å². The lowest BCUT2D eigenvalue weighted by molar-refractivity contribution is 0.287. The summed E-state index contributed by atoms with van der Waals surface area (Å²) in [4.78, 5) is 0. The van der Waals surface area contributed by atoms with E-state index in [1.54, 1.807) is 13.2 Å². The fourth-order valence-corrected chi connectivity index (χ4v) is 1.02. The van der Waals surface area contributed by atoms with Crippen molar-refractivity contribution >= 4 is 0 Å².